The molecule has 2 aromatic rings. The number of nitrogens with zero attached hydrogens (tertiary/aromatic N) is 1. The van der Waals surface area contributed by atoms with Gasteiger partial charge in [-0.2, -0.15) is 13.2 Å². The second-order valence-electron chi connectivity index (χ2n) is 6.67. The van der Waals surface area contributed by atoms with Crippen LogP contribution in [0.1, 0.15) is 5.56 Å². The van der Waals surface area contributed by atoms with Gasteiger partial charge < -0.3 is 28.6 Å². The number of benzene rings is 2. The first-order valence-corrected chi connectivity index (χ1v) is 9.47. The maximum absolute atomic E-state index is 13.5. The van der Waals surface area contributed by atoms with Crippen molar-refractivity contribution in [3.05, 3.63) is 59.3 Å². The average molecular weight is 467 g/mol. The van der Waals surface area contributed by atoms with Crippen LogP contribution in [-0.4, -0.2) is 46.6 Å². The molecule has 0 aliphatic carbocycles. The first-order valence-electron chi connectivity index (χ1n) is 9.47. The van der Waals surface area contributed by atoms with Gasteiger partial charge in [-0.3, -0.25) is 0 Å². The molecule has 3 rings (SSSR count). The number of esters is 2. The summed E-state index contributed by atoms with van der Waals surface area (Å²) in [5, 5.41) is 0. The van der Waals surface area contributed by atoms with Crippen molar-refractivity contribution in [2.24, 2.45) is 0 Å². The summed E-state index contributed by atoms with van der Waals surface area (Å²) in [6.45, 7) is -0.632. The Hall–Kier alpha value is -3.73. The normalized spacial score (nSPS) is 14.1. The predicted octanol–water partition coefficient (Wildman–Crippen LogP) is 3.90. The van der Waals surface area contributed by atoms with Crippen molar-refractivity contribution in [3.8, 4) is 17.2 Å². The highest BCUT2D eigenvalue weighted by Gasteiger charge is 2.36. The lowest BCUT2D eigenvalue weighted by atomic mass is 10.1. The monoisotopic (exact) mass is 467 g/mol. The molecule has 0 radical (unpaired) electrons. The van der Waals surface area contributed by atoms with Gasteiger partial charge in [-0.1, -0.05) is 0 Å². The third-order valence-corrected chi connectivity index (χ3v) is 4.70. The molecule has 0 atom stereocenters. The van der Waals surface area contributed by atoms with E-state index in [2.05, 4.69) is 0 Å². The Balaban J connectivity index is 2.16. The van der Waals surface area contributed by atoms with Crippen molar-refractivity contribution in [2.75, 3.05) is 39.6 Å². The highest BCUT2D eigenvalue weighted by molar-refractivity contribution is 6.03. The van der Waals surface area contributed by atoms with Crippen LogP contribution in [-0.2, 0) is 30.0 Å². The summed E-state index contributed by atoms with van der Waals surface area (Å²) >= 11 is 0. The van der Waals surface area contributed by atoms with Gasteiger partial charge in [0, 0.05) is 0 Å². The van der Waals surface area contributed by atoms with Gasteiger partial charge in [-0.25, -0.2) is 9.59 Å². The van der Waals surface area contributed by atoms with Crippen molar-refractivity contribution in [3.63, 3.8) is 0 Å². The standard InChI is InChI=1S/C22H20F3NO7/c1-29-14-5-7-15(8-6-14)33-18-9-4-13(22(23,24)25)10-17(18)26-12-32-11-16(20(27)30-2)19(26)21(28)31-3/h4-10H,11-12H2,1-3H3. The molecule has 0 fully saturated rings. The van der Waals surface area contributed by atoms with Gasteiger partial charge >= 0.3 is 18.1 Å². The van der Waals surface area contributed by atoms with E-state index in [1.165, 1.54) is 7.11 Å². The number of methoxy groups -OCH3 is 3. The summed E-state index contributed by atoms with van der Waals surface area (Å²) in [7, 11) is 3.67. The second-order valence-corrected chi connectivity index (χ2v) is 6.67. The van der Waals surface area contributed by atoms with Crippen molar-refractivity contribution in [1.29, 1.82) is 0 Å². The van der Waals surface area contributed by atoms with Crippen LogP contribution in [0.25, 0.3) is 0 Å². The number of hydrogen-bond acceptors (Lipinski definition) is 8. The minimum Gasteiger partial charge on any atom is -0.497 e. The maximum atomic E-state index is 13.5. The molecular formula is C22H20F3NO7. The molecule has 0 saturated carbocycles. The Bertz CT molecular complexity index is 1060. The molecule has 0 spiro atoms. The molecule has 0 unspecified atom stereocenters. The zero-order valence-electron chi connectivity index (χ0n) is 17.9. The zero-order chi connectivity index (χ0) is 24.2. The largest absolute Gasteiger partial charge is 0.497 e. The summed E-state index contributed by atoms with van der Waals surface area (Å²) in [5.41, 5.74) is -1.67. The average Bonchev–Trinajstić information content (AvgIpc) is 2.82. The number of carbonyl (C=O) groups is 2. The van der Waals surface area contributed by atoms with Crippen molar-refractivity contribution in [1.82, 2.24) is 0 Å². The van der Waals surface area contributed by atoms with Crippen molar-refractivity contribution in [2.45, 2.75) is 6.18 Å². The fraction of sp³-hybridized carbons (Fsp3) is 0.273. The molecule has 11 heteroatoms. The van der Waals surface area contributed by atoms with E-state index < -0.39 is 23.7 Å². The molecule has 0 N–H and O–H groups in total. The number of hydrogen-bond donors (Lipinski definition) is 0. The highest BCUT2D eigenvalue weighted by atomic mass is 19.4. The van der Waals surface area contributed by atoms with Crippen LogP contribution in [0.3, 0.4) is 0 Å². The third-order valence-electron chi connectivity index (χ3n) is 4.70. The minimum atomic E-state index is -4.68. The van der Waals surface area contributed by atoms with Gasteiger partial charge in [0.2, 0.25) is 0 Å². The van der Waals surface area contributed by atoms with E-state index in [0.29, 0.717) is 11.5 Å². The molecule has 1 aliphatic heterocycles. The van der Waals surface area contributed by atoms with E-state index in [1.807, 2.05) is 0 Å². The Morgan fingerprint density at radius 3 is 2.15 bits per heavy atom. The van der Waals surface area contributed by atoms with Crippen LogP contribution >= 0.6 is 0 Å². The molecular weight excluding hydrogens is 447 g/mol. The molecule has 0 saturated heterocycles. The van der Waals surface area contributed by atoms with Crippen LogP contribution < -0.4 is 14.4 Å². The number of carbonyl (C=O) groups excluding carboxylic acids is 2. The molecule has 8 nitrogen and oxygen atoms in total. The lowest BCUT2D eigenvalue weighted by molar-refractivity contribution is -0.140. The Labute approximate surface area is 187 Å². The van der Waals surface area contributed by atoms with Crippen LogP contribution in [0, 0.1) is 0 Å². The SMILES string of the molecule is COC(=O)C1=C(C(=O)OC)N(c2cc(C(F)(F)F)ccc2Oc2ccc(OC)cc2)COC1. The summed E-state index contributed by atoms with van der Waals surface area (Å²) in [6.07, 6.45) is -4.68. The lowest BCUT2D eigenvalue weighted by Gasteiger charge is -2.32. The second kappa shape index (κ2) is 9.82. The number of halogens is 3. The number of rotatable bonds is 6. The maximum Gasteiger partial charge on any atom is 0.416 e. The Morgan fingerprint density at radius 1 is 0.939 bits per heavy atom. The Kier molecular flexibility index (Phi) is 7.12. The first-order chi connectivity index (χ1) is 15.7. The molecule has 0 bridgehead atoms. The van der Waals surface area contributed by atoms with Gasteiger partial charge in [-0.05, 0) is 42.5 Å². The number of alkyl halides is 3. The smallest absolute Gasteiger partial charge is 0.416 e. The Morgan fingerprint density at radius 2 is 1.58 bits per heavy atom. The van der Waals surface area contributed by atoms with E-state index in [-0.39, 0.29) is 36.0 Å². The molecule has 1 heterocycles. The third kappa shape index (κ3) is 5.20. The predicted molar refractivity (Wildman–Crippen MR) is 109 cm³/mol. The van der Waals surface area contributed by atoms with Gasteiger partial charge in [0.15, 0.2) is 5.75 Å². The number of anilines is 1. The van der Waals surface area contributed by atoms with E-state index in [1.54, 1.807) is 24.3 Å². The van der Waals surface area contributed by atoms with Crippen LogP contribution in [0.2, 0.25) is 0 Å². The highest BCUT2D eigenvalue weighted by Crippen LogP contribution is 2.41. The fourth-order valence-electron chi connectivity index (χ4n) is 3.10. The summed E-state index contributed by atoms with van der Waals surface area (Å²) < 4.78 is 66.1. The molecule has 1 aliphatic rings. The van der Waals surface area contributed by atoms with Gasteiger partial charge in [-0.15, -0.1) is 0 Å². The zero-order valence-corrected chi connectivity index (χ0v) is 17.9. The molecule has 0 amide bonds. The molecule has 176 valence electrons. The number of ether oxygens (including phenoxy) is 5. The van der Waals surface area contributed by atoms with E-state index in [4.69, 9.17) is 23.7 Å². The van der Waals surface area contributed by atoms with Crippen molar-refractivity contribution < 1.29 is 46.4 Å². The summed E-state index contributed by atoms with van der Waals surface area (Å²) in [6, 6.07) is 9.09. The fourth-order valence-corrected chi connectivity index (χ4v) is 3.10. The molecule has 2 aromatic carbocycles. The van der Waals surface area contributed by atoms with E-state index in [0.717, 1.165) is 37.3 Å². The minimum absolute atomic E-state index is 0.0238. The van der Waals surface area contributed by atoms with Gasteiger partial charge in [0.25, 0.3) is 0 Å². The van der Waals surface area contributed by atoms with E-state index >= 15 is 0 Å². The van der Waals surface area contributed by atoms with E-state index in [9.17, 15) is 22.8 Å². The topological polar surface area (TPSA) is 83.5 Å². The van der Waals surface area contributed by atoms with Crippen LogP contribution in [0.5, 0.6) is 17.2 Å². The molecule has 0 aromatic heterocycles. The first kappa shape index (κ1) is 23.9. The lowest BCUT2D eigenvalue weighted by Crippen LogP contribution is -2.39. The van der Waals surface area contributed by atoms with Crippen LogP contribution in [0.15, 0.2) is 53.7 Å². The van der Waals surface area contributed by atoms with Crippen LogP contribution in [0.4, 0.5) is 18.9 Å². The molecule has 33 heavy (non-hydrogen) atoms. The summed E-state index contributed by atoms with van der Waals surface area (Å²) in [5.74, 6) is -1.01. The summed E-state index contributed by atoms with van der Waals surface area (Å²) in [4.78, 5) is 25.8. The van der Waals surface area contributed by atoms with Crippen molar-refractivity contribution >= 4 is 17.6 Å². The van der Waals surface area contributed by atoms with Gasteiger partial charge in [0.1, 0.15) is 23.9 Å². The van der Waals surface area contributed by atoms with Gasteiger partial charge in [0.05, 0.1) is 44.8 Å². The quantitative estimate of drug-likeness (QED) is 0.592.